The molecule has 306 valence electrons. The van der Waals surface area contributed by atoms with Crippen LogP contribution in [0.25, 0.3) is 0 Å². The van der Waals surface area contributed by atoms with Crippen LogP contribution in [-0.4, -0.2) is 172 Å². The summed E-state index contributed by atoms with van der Waals surface area (Å²) in [6, 6.07) is 0. The minimum atomic E-state index is -2.64. The van der Waals surface area contributed by atoms with E-state index in [-0.39, 0.29) is 12.8 Å². The Morgan fingerprint density at radius 2 is 0.804 bits per heavy atom. The Balaban J connectivity index is 8.67. The molecule has 16 nitrogen and oxygen atoms in total. The lowest BCUT2D eigenvalue weighted by Gasteiger charge is -2.64. The molecule has 0 aliphatic rings. The summed E-state index contributed by atoms with van der Waals surface area (Å²) in [5, 5.41) is 160. The maximum Gasteiger partial charge on any atom is 0.310 e. The van der Waals surface area contributed by atoms with E-state index in [1.165, 1.54) is 0 Å². The van der Waals surface area contributed by atoms with Crippen molar-refractivity contribution in [3.8, 4) is 0 Å². The predicted octanol–water partition coefficient (Wildman–Crippen LogP) is -2.01. The highest BCUT2D eigenvalue weighted by Gasteiger charge is 2.69. The Hall–Kier alpha value is -1.09. The molecule has 0 saturated carbocycles. The standard InChI is InChI=1S/C35H70O16/c1-2-3-4-5-6-7-8-9-24(10-25(43)17-36)33(11-26(44)18-37,12-27(45)19-38)35(15-30(48)22-41,16-31(49)23-42)34(32(50)51,13-28(46)20-39)14-29(47)21-40/h24-31,36-49H,2-23H2,1H3,(H,50,51). The number of carboxylic acid groups (broad SMARTS) is 1. The Labute approximate surface area is 301 Å². The van der Waals surface area contributed by atoms with Crippen LogP contribution in [0.5, 0.6) is 0 Å². The number of carboxylic acids is 1. The number of carbonyl (C=O) groups is 1. The van der Waals surface area contributed by atoms with E-state index in [1.54, 1.807) is 0 Å². The van der Waals surface area contributed by atoms with Gasteiger partial charge in [0.05, 0.1) is 94.4 Å². The third kappa shape index (κ3) is 14.6. The molecule has 0 aromatic heterocycles. The Bertz CT molecular complexity index is 858. The zero-order chi connectivity index (χ0) is 39.3. The van der Waals surface area contributed by atoms with Gasteiger partial charge in [-0.25, -0.2) is 0 Å². The first kappa shape index (κ1) is 49.9. The van der Waals surface area contributed by atoms with Gasteiger partial charge in [0.25, 0.3) is 0 Å². The molecular formula is C35H70O16. The van der Waals surface area contributed by atoms with Crippen molar-refractivity contribution >= 4 is 5.97 Å². The van der Waals surface area contributed by atoms with Crippen LogP contribution in [0.1, 0.15) is 103 Å². The van der Waals surface area contributed by atoms with E-state index in [0.29, 0.717) is 12.8 Å². The predicted molar refractivity (Wildman–Crippen MR) is 185 cm³/mol. The minimum Gasteiger partial charge on any atom is -0.481 e. The smallest absolute Gasteiger partial charge is 0.310 e. The number of rotatable bonds is 33. The van der Waals surface area contributed by atoms with Gasteiger partial charge in [-0.3, -0.25) is 4.79 Å². The average Bonchev–Trinajstić information content (AvgIpc) is 3.11. The maximum absolute atomic E-state index is 14.0. The topological polar surface area (TPSA) is 321 Å². The molecule has 0 fully saturated rings. The molecule has 0 saturated heterocycles. The molecule has 0 bridgehead atoms. The molecule has 0 rings (SSSR count). The van der Waals surface area contributed by atoms with Crippen molar-refractivity contribution in [2.24, 2.45) is 22.2 Å². The zero-order valence-electron chi connectivity index (χ0n) is 30.3. The summed E-state index contributed by atoms with van der Waals surface area (Å²) in [6.07, 6.45) is -11.5. The van der Waals surface area contributed by atoms with Gasteiger partial charge in [-0.2, -0.15) is 0 Å². The van der Waals surface area contributed by atoms with Gasteiger partial charge >= 0.3 is 5.97 Å². The van der Waals surface area contributed by atoms with Crippen molar-refractivity contribution in [1.82, 2.24) is 0 Å². The van der Waals surface area contributed by atoms with Gasteiger partial charge in [-0.05, 0) is 68.1 Å². The van der Waals surface area contributed by atoms with Crippen LogP contribution in [0, 0.1) is 22.2 Å². The van der Waals surface area contributed by atoms with E-state index in [0.717, 1.165) is 32.1 Å². The lowest BCUT2D eigenvalue weighted by atomic mass is 9.39. The van der Waals surface area contributed by atoms with Gasteiger partial charge in [0.15, 0.2) is 0 Å². The summed E-state index contributed by atoms with van der Waals surface area (Å²) in [7, 11) is 0. The molecule has 51 heavy (non-hydrogen) atoms. The van der Waals surface area contributed by atoms with Crippen molar-refractivity contribution in [3.63, 3.8) is 0 Å². The summed E-state index contributed by atoms with van der Waals surface area (Å²) in [5.74, 6) is -2.86. The number of aliphatic hydroxyl groups excluding tert-OH is 14. The van der Waals surface area contributed by atoms with Crippen LogP contribution >= 0.6 is 0 Å². The summed E-state index contributed by atoms with van der Waals surface area (Å²) in [4.78, 5) is 14.0. The minimum absolute atomic E-state index is 0.105. The second-order valence-electron chi connectivity index (χ2n) is 14.5. The number of aliphatic carboxylic acids is 1. The first-order valence-corrected chi connectivity index (χ1v) is 18.3. The first-order valence-electron chi connectivity index (χ1n) is 18.3. The van der Waals surface area contributed by atoms with Crippen molar-refractivity contribution in [3.05, 3.63) is 0 Å². The third-order valence-electron chi connectivity index (χ3n) is 10.8. The summed E-state index contributed by atoms with van der Waals surface area (Å²) >= 11 is 0. The highest BCUT2D eigenvalue weighted by molar-refractivity contribution is 5.76. The molecule has 8 unspecified atom stereocenters. The molecule has 0 radical (unpaired) electrons. The average molecular weight is 747 g/mol. The summed E-state index contributed by atoms with van der Waals surface area (Å²) in [5.41, 5.74) is -7.07. The largest absolute Gasteiger partial charge is 0.481 e. The van der Waals surface area contributed by atoms with Gasteiger partial charge in [-0.1, -0.05) is 51.9 Å². The van der Waals surface area contributed by atoms with Crippen LogP contribution in [0.4, 0.5) is 0 Å². The van der Waals surface area contributed by atoms with Crippen molar-refractivity contribution < 1.29 is 81.4 Å². The number of aliphatic hydroxyl groups is 14. The third-order valence-corrected chi connectivity index (χ3v) is 10.8. The molecule has 15 N–H and O–H groups in total. The molecule has 8 atom stereocenters. The van der Waals surface area contributed by atoms with Gasteiger partial charge in [0, 0.05) is 0 Å². The lowest BCUT2D eigenvalue weighted by Crippen LogP contribution is -2.65. The highest BCUT2D eigenvalue weighted by atomic mass is 16.4. The van der Waals surface area contributed by atoms with Gasteiger partial charge in [-0.15, -0.1) is 0 Å². The van der Waals surface area contributed by atoms with Crippen LogP contribution in [0.2, 0.25) is 0 Å². The van der Waals surface area contributed by atoms with E-state index >= 15 is 0 Å². The highest BCUT2D eigenvalue weighted by Crippen LogP contribution is 2.68. The molecule has 0 heterocycles. The van der Waals surface area contributed by atoms with E-state index < -0.39 is 156 Å². The maximum atomic E-state index is 14.0. The monoisotopic (exact) mass is 746 g/mol. The fourth-order valence-corrected chi connectivity index (χ4v) is 8.62. The second-order valence-corrected chi connectivity index (χ2v) is 14.5. The van der Waals surface area contributed by atoms with E-state index in [9.17, 15) is 81.4 Å². The van der Waals surface area contributed by atoms with Crippen LogP contribution in [0.15, 0.2) is 0 Å². The van der Waals surface area contributed by atoms with Gasteiger partial charge < -0.3 is 76.6 Å². The molecule has 0 aromatic carbocycles. The molecule has 0 aliphatic heterocycles. The zero-order valence-corrected chi connectivity index (χ0v) is 30.3. The van der Waals surface area contributed by atoms with E-state index in [4.69, 9.17) is 0 Å². The quantitative estimate of drug-likeness (QED) is 0.0323. The number of hydrogen-bond donors (Lipinski definition) is 15. The van der Waals surface area contributed by atoms with E-state index in [2.05, 4.69) is 6.92 Å². The summed E-state index contributed by atoms with van der Waals surface area (Å²) < 4.78 is 0. The van der Waals surface area contributed by atoms with Crippen molar-refractivity contribution in [2.75, 3.05) is 46.2 Å². The molecule has 0 spiro atoms. The van der Waals surface area contributed by atoms with E-state index in [1.807, 2.05) is 0 Å². The van der Waals surface area contributed by atoms with Crippen LogP contribution < -0.4 is 0 Å². The number of unbranched alkanes of at least 4 members (excludes halogenated alkanes) is 6. The Morgan fingerprint density at radius 1 is 0.471 bits per heavy atom. The Morgan fingerprint density at radius 3 is 1.16 bits per heavy atom. The molecule has 0 amide bonds. The van der Waals surface area contributed by atoms with Crippen molar-refractivity contribution in [2.45, 2.75) is 146 Å². The molecule has 16 heteroatoms. The van der Waals surface area contributed by atoms with Crippen LogP contribution in [0.3, 0.4) is 0 Å². The number of hydrogen-bond acceptors (Lipinski definition) is 15. The molecule has 0 aromatic rings. The second kappa shape index (κ2) is 25.8. The fraction of sp³-hybridized carbons (Fsp3) is 0.971. The Kier molecular flexibility index (Phi) is 25.3. The van der Waals surface area contributed by atoms with Gasteiger partial charge in [0.2, 0.25) is 0 Å². The molecule has 0 aliphatic carbocycles. The van der Waals surface area contributed by atoms with Crippen molar-refractivity contribution in [1.29, 1.82) is 0 Å². The molecular weight excluding hydrogens is 676 g/mol. The summed E-state index contributed by atoms with van der Waals surface area (Å²) in [6.45, 7) is -4.59. The first-order chi connectivity index (χ1) is 24.1. The van der Waals surface area contributed by atoms with Gasteiger partial charge in [0.1, 0.15) is 0 Å². The SMILES string of the molecule is CCCCCCCCCC(CC(O)CO)C(CC(O)CO)(CC(O)CO)C(CC(O)CO)(CC(O)CO)C(CC(O)CO)(CC(O)CO)C(=O)O. The van der Waals surface area contributed by atoms with Crippen LogP contribution in [-0.2, 0) is 4.79 Å². The normalized spacial score (nSPS) is 20.6. The fourth-order valence-electron chi connectivity index (χ4n) is 8.62. The lowest BCUT2D eigenvalue weighted by molar-refractivity contribution is -0.229.